The van der Waals surface area contributed by atoms with Crippen molar-refractivity contribution in [2.75, 3.05) is 0 Å². The summed E-state index contributed by atoms with van der Waals surface area (Å²) in [4.78, 5) is 10.1. The third-order valence-corrected chi connectivity index (χ3v) is 0.721. The number of nitrogens with two attached hydrogens (primary N) is 2. The van der Waals surface area contributed by atoms with Gasteiger partial charge in [0, 0.05) is 6.04 Å². The molecular weight excluding hydrogens is 106 g/mol. The first-order chi connectivity index (χ1) is 3.55. The van der Waals surface area contributed by atoms with Gasteiger partial charge in [-0.05, 0) is 6.92 Å². The zero-order valence-electron chi connectivity index (χ0n) is 4.64. The Labute approximate surface area is 47.4 Å². The molecule has 0 heterocycles. The summed E-state index contributed by atoms with van der Waals surface area (Å²) in [6, 6.07) is -0.549. The Hall–Kier alpha value is -0.900. The van der Waals surface area contributed by atoms with E-state index in [1.54, 1.807) is 0 Å². The topological polar surface area (TPSA) is 93.0 Å². The molecule has 4 heteroatoms. The highest BCUT2D eigenvalue weighted by atomic mass is 16.1. The highest BCUT2D eigenvalue weighted by Gasteiger charge is 2.07. The smallest absolute Gasteiger partial charge is 0.263 e. The number of carbonyl (C=O) groups is 1. The summed E-state index contributed by atoms with van der Waals surface area (Å²) in [5.41, 5.74) is 9.57. The summed E-state index contributed by atoms with van der Waals surface area (Å²) < 4.78 is 0. The lowest BCUT2D eigenvalue weighted by Gasteiger charge is -1.99. The summed E-state index contributed by atoms with van der Waals surface area (Å²) in [5, 5.41) is 6.80. The lowest BCUT2D eigenvalue weighted by molar-refractivity contribution is -0.112. The summed E-state index contributed by atoms with van der Waals surface area (Å²) in [5.74, 6) is -0.750. The number of primary amides is 1. The monoisotopic (exact) mass is 115 g/mol. The molecule has 4 nitrogen and oxygen atoms in total. The van der Waals surface area contributed by atoms with E-state index < -0.39 is 11.9 Å². The van der Waals surface area contributed by atoms with E-state index in [-0.39, 0.29) is 5.71 Å². The molecular formula is C4H9N3O. The molecule has 0 aromatic carbocycles. The van der Waals surface area contributed by atoms with Crippen LogP contribution in [0.1, 0.15) is 6.92 Å². The molecule has 0 bridgehead atoms. The Morgan fingerprint density at radius 2 is 2.12 bits per heavy atom. The van der Waals surface area contributed by atoms with Gasteiger partial charge in [-0.1, -0.05) is 0 Å². The van der Waals surface area contributed by atoms with Crippen molar-refractivity contribution < 1.29 is 4.79 Å². The van der Waals surface area contributed by atoms with Crippen molar-refractivity contribution in [2.45, 2.75) is 13.0 Å². The van der Waals surface area contributed by atoms with Crippen molar-refractivity contribution in [3.05, 3.63) is 0 Å². The lowest BCUT2D eigenvalue weighted by atomic mass is 10.2. The summed E-state index contributed by atoms with van der Waals surface area (Å²) in [7, 11) is 0. The summed E-state index contributed by atoms with van der Waals surface area (Å²) >= 11 is 0. The van der Waals surface area contributed by atoms with Crippen LogP contribution in [0.15, 0.2) is 0 Å². The maximum absolute atomic E-state index is 10.1. The molecule has 8 heavy (non-hydrogen) atoms. The number of amides is 1. The molecule has 0 fully saturated rings. The first kappa shape index (κ1) is 7.10. The van der Waals surface area contributed by atoms with E-state index in [2.05, 4.69) is 0 Å². The van der Waals surface area contributed by atoms with Gasteiger partial charge in [0.25, 0.3) is 5.91 Å². The van der Waals surface area contributed by atoms with Crippen LogP contribution in [0.4, 0.5) is 0 Å². The minimum Gasteiger partial charge on any atom is -0.365 e. The standard InChI is InChI=1S/C4H9N3O/c1-2(5)3(6)4(7)8/h2,6H,5H2,1H3,(H2,7,8). The van der Waals surface area contributed by atoms with Crippen molar-refractivity contribution >= 4 is 11.6 Å². The fraction of sp³-hybridized carbons (Fsp3) is 0.500. The van der Waals surface area contributed by atoms with E-state index >= 15 is 0 Å². The van der Waals surface area contributed by atoms with Crippen LogP contribution in [0.25, 0.3) is 0 Å². The van der Waals surface area contributed by atoms with Crippen LogP contribution in [0, 0.1) is 5.41 Å². The van der Waals surface area contributed by atoms with E-state index in [0.29, 0.717) is 0 Å². The van der Waals surface area contributed by atoms with Gasteiger partial charge in [-0.15, -0.1) is 0 Å². The third kappa shape index (κ3) is 1.70. The van der Waals surface area contributed by atoms with E-state index in [0.717, 1.165) is 0 Å². The Bertz CT molecular complexity index is 118. The average Bonchev–Trinajstić information content (AvgIpc) is 1.64. The van der Waals surface area contributed by atoms with Gasteiger partial charge in [-0.25, -0.2) is 0 Å². The molecule has 0 aliphatic heterocycles. The van der Waals surface area contributed by atoms with Crippen LogP contribution in [-0.2, 0) is 4.79 Å². The number of hydrogen-bond donors (Lipinski definition) is 3. The molecule has 1 amide bonds. The Morgan fingerprint density at radius 3 is 2.12 bits per heavy atom. The Morgan fingerprint density at radius 1 is 1.75 bits per heavy atom. The molecule has 46 valence electrons. The third-order valence-electron chi connectivity index (χ3n) is 0.721. The molecule has 0 aliphatic rings. The van der Waals surface area contributed by atoms with Crippen molar-refractivity contribution in [2.24, 2.45) is 11.5 Å². The normalized spacial score (nSPS) is 12.8. The maximum Gasteiger partial charge on any atom is 0.263 e. The minimum absolute atomic E-state index is 0.231. The van der Waals surface area contributed by atoms with Crippen molar-refractivity contribution in [1.82, 2.24) is 0 Å². The van der Waals surface area contributed by atoms with E-state index in [1.807, 2.05) is 0 Å². The average molecular weight is 115 g/mol. The second-order valence-electron chi connectivity index (χ2n) is 1.57. The SMILES string of the molecule is CC(N)C(=N)C(N)=O. The fourth-order valence-corrected chi connectivity index (χ4v) is 0.224. The van der Waals surface area contributed by atoms with Gasteiger partial charge in [-0.2, -0.15) is 0 Å². The Kier molecular flexibility index (Phi) is 2.15. The second kappa shape index (κ2) is 2.42. The molecule has 1 atom stereocenters. The minimum atomic E-state index is -0.750. The van der Waals surface area contributed by atoms with Gasteiger partial charge in [0.05, 0.1) is 0 Å². The molecule has 0 rings (SSSR count). The van der Waals surface area contributed by atoms with Crippen LogP contribution in [0.2, 0.25) is 0 Å². The molecule has 0 spiro atoms. The largest absolute Gasteiger partial charge is 0.365 e. The lowest BCUT2D eigenvalue weighted by Crippen LogP contribution is -2.36. The zero-order chi connectivity index (χ0) is 6.73. The molecule has 0 aliphatic carbocycles. The number of nitrogens with one attached hydrogen (secondary N) is 1. The van der Waals surface area contributed by atoms with Crippen LogP contribution in [0.3, 0.4) is 0 Å². The summed E-state index contributed by atoms with van der Waals surface area (Å²) in [6.07, 6.45) is 0. The number of rotatable bonds is 2. The first-order valence-electron chi connectivity index (χ1n) is 2.19. The van der Waals surface area contributed by atoms with Crippen LogP contribution < -0.4 is 11.5 Å². The molecule has 0 saturated carbocycles. The van der Waals surface area contributed by atoms with Crippen molar-refractivity contribution in [3.8, 4) is 0 Å². The Balaban J connectivity index is 3.84. The summed E-state index contributed by atoms with van der Waals surface area (Å²) in [6.45, 7) is 1.53. The van der Waals surface area contributed by atoms with Gasteiger partial charge in [-0.3, -0.25) is 10.2 Å². The van der Waals surface area contributed by atoms with Gasteiger partial charge in [0.2, 0.25) is 0 Å². The highest BCUT2D eigenvalue weighted by Crippen LogP contribution is 1.76. The molecule has 0 aromatic heterocycles. The van der Waals surface area contributed by atoms with Gasteiger partial charge in [0.1, 0.15) is 5.71 Å². The first-order valence-corrected chi connectivity index (χ1v) is 2.19. The quantitative estimate of drug-likeness (QED) is 0.396. The number of carbonyl (C=O) groups excluding carboxylic acids is 1. The van der Waals surface area contributed by atoms with Gasteiger partial charge >= 0.3 is 0 Å². The molecule has 0 radical (unpaired) electrons. The van der Waals surface area contributed by atoms with Crippen LogP contribution in [0.5, 0.6) is 0 Å². The maximum atomic E-state index is 10.1. The predicted molar refractivity (Wildman–Crippen MR) is 30.6 cm³/mol. The van der Waals surface area contributed by atoms with Crippen molar-refractivity contribution in [3.63, 3.8) is 0 Å². The van der Waals surface area contributed by atoms with Gasteiger partial charge < -0.3 is 11.5 Å². The van der Waals surface area contributed by atoms with Crippen LogP contribution in [-0.4, -0.2) is 17.7 Å². The second-order valence-corrected chi connectivity index (χ2v) is 1.57. The predicted octanol–water partition coefficient (Wildman–Crippen LogP) is -1.16. The fourth-order valence-electron chi connectivity index (χ4n) is 0.224. The van der Waals surface area contributed by atoms with Gasteiger partial charge in [0.15, 0.2) is 0 Å². The highest BCUT2D eigenvalue weighted by molar-refractivity contribution is 6.38. The molecule has 0 aromatic rings. The van der Waals surface area contributed by atoms with E-state index in [1.165, 1.54) is 6.92 Å². The molecule has 0 saturated heterocycles. The van der Waals surface area contributed by atoms with E-state index in [9.17, 15) is 4.79 Å². The van der Waals surface area contributed by atoms with Crippen molar-refractivity contribution in [1.29, 1.82) is 5.41 Å². The number of hydrogen-bond acceptors (Lipinski definition) is 3. The zero-order valence-corrected chi connectivity index (χ0v) is 4.64. The van der Waals surface area contributed by atoms with Crippen LogP contribution >= 0.6 is 0 Å². The van der Waals surface area contributed by atoms with E-state index in [4.69, 9.17) is 16.9 Å². The molecule has 1 unspecified atom stereocenters. The molecule has 5 N–H and O–H groups in total.